The second-order valence-corrected chi connectivity index (χ2v) is 6.77. The van der Waals surface area contributed by atoms with E-state index in [0.717, 1.165) is 38.6 Å². The summed E-state index contributed by atoms with van der Waals surface area (Å²) in [4.78, 5) is 12.6. The molecule has 0 saturated heterocycles. The number of hydrogen-bond donors (Lipinski definition) is 2. The molecule has 3 heteroatoms. The first-order valence-electron chi connectivity index (χ1n) is 8.30. The minimum absolute atomic E-state index is 0.0335. The molecule has 0 radical (unpaired) electrons. The van der Waals surface area contributed by atoms with Crippen molar-refractivity contribution >= 4 is 5.91 Å². The number of carbonyl (C=O) groups is 1. The van der Waals surface area contributed by atoms with Crippen molar-refractivity contribution in [2.45, 2.75) is 50.9 Å². The number of amides is 1. The second kappa shape index (κ2) is 6.18. The molecule has 2 aliphatic carbocycles. The fourth-order valence-electron chi connectivity index (χ4n) is 4.00. The van der Waals surface area contributed by atoms with Crippen molar-refractivity contribution in [3.8, 4) is 0 Å². The van der Waals surface area contributed by atoms with Crippen molar-refractivity contribution in [1.29, 1.82) is 0 Å². The molecule has 3 rings (SSSR count). The van der Waals surface area contributed by atoms with Gasteiger partial charge in [-0.05, 0) is 55.2 Å². The van der Waals surface area contributed by atoms with Crippen LogP contribution in [0.25, 0.3) is 0 Å². The summed E-state index contributed by atoms with van der Waals surface area (Å²) >= 11 is 0. The van der Waals surface area contributed by atoms with Crippen LogP contribution in [0.15, 0.2) is 24.3 Å². The summed E-state index contributed by atoms with van der Waals surface area (Å²) in [6.45, 7) is 1.44. The lowest BCUT2D eigenvalue weighted by atomic mass is 9.81. The summed E-state index contributed by atoms with van der Waals surface area (Å²) in [6, 6.07) is 8.39. The molecular weight excluding hydrogens is 260 g/mol. The SMILES string of the molecule is NCC1(CNC(=O)C2CCCc3ccccc32)CCCC1. The van der Waals surface area contributed by atoms with Gasteiger partial charge in [-0.2, -0.15) is 0 Å². The summed E-state index contributed by atoms with van der Waals surface area (Å²) in [6.07, 6.45) is 8.00. The van der Waals surface area contributed by atoms with E-state index in [1.807, 2.05) is 6.07 Å². The monoisotopic (exact) mass is 286 g/mol. The Morgan fingerprint density at radius 1 is 1.24 bits per heavy atom. The highest BCUT2D eigenvalue weighted by atomic mass is 16.1. The molecule has 0 aromatic heterocycles. The fraction of sp³-hybridized carbons (Fsp3) is 0.611. The molecule has 1 amide bonds. The van der Waals surface area contributed by atoms with Gasteiger partial charge in [0.2, 0.25) is 5.91 Å². The van der Waals surface area contributed by atoms with Gasteiger partial charge in [-0.3, -0.25) is 4.79 Å². The van der Waals surface area contributed by atoms with Crippen LogP contribution in [-0.4, -0.2) is 19.0 Å². The Morgan fingerprint density at radius 3 is 2.76 bits per heavy atom. The van der Waals surface area contributed by atoms with Crippen LogP contribution in [0.5, 0.6) is 0 Å². The summed E-state index contributed by atoms with van der Waals surface area (Å²) in [5.41, 5.74) is 8.69. The van der Waals surface area contributed by atoms with E-state index in [9.17, 15) is 4.79 Å². The summed E-state index contributed by atoms with van der Waals surface area (Å²) in [5.74, 6) is 0.230. The lowest BCUT2D eigenvalue weighted by Crippen LogP contribution is -2.42. The van der Waals surface area contributed by atoms with Crippen molar-refractivity contribution < 1.29 is 4.79 Å². The number of benzene rings is 1. The van der Waals surface area contributed by atoms with E-state index in [0.29, 0.717) is 6.54 Å². The highest BCUT2D eigenvalue weighted by molar-refractivity contribution is 5.84. The molecule has 0 aliphatic heterocycles. The Morgan fingerprint density at radius 2 is 2.00 bits per heavy atom. The van der Waals surface area contributed by atoms with Gasteiger partial charge in [0.25, 0.3) is 0 Å². The zero-order valence-corrected chi connectivity index (χ0v) is 12.7. The molecule has 1 unspecified atom stereocenters. The minimum atomic E-state index is 0.0335. The maximum atomic E-state index is 12.6. The predicted molar refractivity (Wildman–Crippen MR) is 85.1 cm³/mol. The van der Waals surface area contributed by atoms with Gasteiger partial charge in [0.15, 0.2) is 0 Å². The van der Waals surface area contributed by atoms with Crippen molar-refractivity contribution in [2.75, 3.05) is 13.1 Å². The predicted octanol–water partition coefficient (Wildman–Crippen LogP) is 2.74. The van der Waals surface area contributed by atoms with Crippen LogP contribution >= 0.6 is 0 Å². The Bertz CT molecular complexity index is 506. The topological polar surface area (TPSA) is 55.1 Å². The van der Waals surface area contributed by atoms with Gasteiger partial charge in [-0.25, -0.2) is 0 Å². The number of hydrogen-bond acceptors (Lipinski definition) is 2. The van der Waals surface area contributed by atoms with E-state index in [-0.39, 0.29) is 17.2 Å². The average Bonchev–Trinajstić information content (AvgIpc) is 3.01. The Kier molecular flexibility index (Phi) is 4.29. The van der Waals surface area contributed by atoms with Crippen LogP contribution in [0.4, 0.5) is 0 Å². The van der Waals surface area contributed by atoms with Crippen molar-refractivity contribution in [3.05, 3.63) is 35.4 Å². The molecule has 0 spiro atoms. The average molecular weight is 286 g/mol. The number of nitrogens with two attached hydrogens (primary N) is 1. The molecule has 1 fully saturated rings. The number of aryl methyl sites for hydroxylation is 1. The van der Waals surface area contributed by atoms with Crippen molar-refractivity contribution in [3.63, 3.8) is 0 Å². The first-order valence-corrected chi connectivity index (χ1v) is 8.30. The van der Waals surface area contributed by atoms with Gasteiger partial charge in [0, 0.05) is 6.54 Å². The summed E-state index contributed by atoms with van der Waals surface area (Å²) in [5, 5.41) is 3.21. The molecular formula is C18H26N2O. The quantitative estimate of drug-likeness (QED) is 0.894. The van der Waals surface area contributed by atoms with E-state index in [1.54, 1.807) is 0 Å². The number of nitrogens with one attached hydrogen (secondary N) is 1. The zero-order valence-electron chi connectivity index (χ0n) is 12.7. The molecule has 1 aromatic rings. The van der Waals surface area contributed by atoms with E-state index in [4.69, 9.17) is 5.73 Å². The number of carbonyl (C=O) groups excluding carboxylic acids is 1. The maximum Gasteiger partial charge on any atom is 0.227 e. The van der Waals surface area contributed by atoms with Crippen LogP contribution in [0.2, 0.25) is 0 Å². The molecule has 2 aliphatic rings. The lowest BCUT2D eigenvalue weighted by molar-refractivity contribution is -0.123. The van der Waals surface area contributed by atoms with Crippen LogP contribution < -0.4 is 11.1 Å². The molecule has 21 heavy (non-hydrogen) atoms. The van der Waals surface area contributed by atoms with E-state index in [1.165, 1.54) is 24.0 Å². The van der Waals surface area contributed by atoms with Gasteiger partial charge in [-0.1, -0.05) is 37.1 Å². The van der Waals surface area contributed by atoms with Gasteiger partial charge < -0.3 is 11.1 Å². The van der Waals surface area contributed by atoms with Crippen LogP contribution in [-0.2, 0) is 11.2 Å². The zero-order chi connectivity index (χ0) is 14.7. The van der Waals surface area contributed by atoms with E-state index >= 15 is 0 Å². The third kappa shape index (κ3) is 2.98. The minimum Gasteiger partial charge on any atom is -0.355 e. The van der Waals surface area contributed by atoms with Gasteiger partial charge in [-0.15, -0.1) is 0 Å². The molecule has 0 bridgehead atoms. The molecule has 1 atom stereocenters. The first-order chi connectivity index (χ1) is 10.2. The van der Waals surface area contributed by atoms with Gasteiger partial charge >= 0.3 is 0 Å². The fourth-order valence-corrected chi connectivity index (χ4v) is 4.00. The smallest absolute Gasteiger partial charge is 0.227 e. The van der Waals surface area contributed by atoms with Crippen LogP contribution in [0, 0.1) is 5.41 Å². The molecule has 3 N–H and O–H groups in total. The van der Waals surface area contributed by atoms with E-state index < -0.39 is 0 Å². The van der Waals surface area contributed by atoms with Crippen molar-refractivity contribution in [1.82, 2.24) is 5.32 Å². The highest BCUT2D eigenvalue weighted by Crippen LogP contribution is 2.37. The normalized spacial score (nSPS) is 23.6. The van der Waals surface area contributed by atoms with Crippen molar-refractivity contribution in [2.24, 2.45) is 11.1 Å². The van der Waals surface area contributed by atoms with Gasteiger partial charge in [0.05, 0.1) is 5.92 Å². The first kappa shape index (κ1) is 14.6. The molecule has 1 saturated carbocycles. The summed E-state index contributed by atoms with van der Waals surface area (Å²) < 4.78 is 0. The highest BCUT2D eigenvalue weighted by Gasteiger charge is 2.34. The molecule has 1 aromatic carbocycles. The molecule has 0 heterocycles. The van der Waals surface area contributed by atoms with Gasteiger partial charge in [0.1, 0.15) is 0 Å². The number of fused-ring (bicyclic) bond motifs is 1. The third-order valence-electron chi connectivity index (χ3n) is 5.42. The molecule has 114 valence electrons. The molecule has 3 nitrogen and oxygen atoms in total. The van der Waals surface area contributed by atoms with Crippen LogP contribution in [0.1, 0.15) is 55.6 Å². The Labute approximate surface area is 127 Å². The number of rotatable bonds is 4. The standard InChI is InChI=1S/C18H26N2O/c19-12-18(10-3-4-11-18)13-20-17(21)16-9-5-7-14-6-1-2-8-15(14)16/h1-2,6,8,16H,3-5,7,9-13,19H2,(H,20,21). The third-order valence-corrected chi connectivity index (χ3v) is 5.42. The van der Waals surface area contributed by atoms with E-state index in [2.05, 4.69) is 23.5 Å². The van der Waals surface area contributed by atoms with Crippen LogP contribution in [0.3, 0.4) is 0 Å². The maximum absolute atomic E-state index is 12.6. The Hall–Kier alpha value is -1.35. The summed E-state index contributed by atoms with van der Waals surface area (Å²) in [7, 11) is 0. The Balaban J connectivity index is 1.66. The largest absolute Gasteiger partial charge is 0.355 e. The second-order valence-electron chi connectivity index (χ2n) is 6.77. The lowest BCUT2D eigenvalue weighted by Gasteiger charge is -2.30.